The van der Waals surface area contributed by atoms with E-state index in [0.717, 1.165) is 20.1 Å². The number of carbonyl (C=O) groups is 1. The van der Waals surface area contributed by atoms with Gasteiger partial charge in [-0.25, -0.2) is 0 Å². The van der Waals surface area contributed by atoms with Gasteiger partial charge in [0, 0.05) is 22.4 Å². The molecule has 0 spiro atoms. The third-order valence-corrected chi connectivity index (χ3v) is 5.85. The molecule has 1 saturated heterocycles. The van der Waals surface area contributed by atoms with Crippen LogP contribution in [0.5, 0.6) is 0 Å². The van der Waals surface area contributed by atoms with Gasteiger partial charge in [0.15, 0.2) is 0 Å². The first-order chi connectivity index (χ1) is 12.9. The standard InChI is InChI=1S/C22H23Br2NO2/c1-14(2)4-13-19-22(26)25(3)20(15-5-9-17(23)10-6-15)21(27-19)16-7-11-18(24)12-8-16/h4-12,19-21H,13H2,1-3H3/t19-,20+,21-/m0/s1. The summed E-state index contributed by atoms with van der Waals surface area (Å²) in [5.74, 6) is 0.0220. The molecular weight excluding hydrogens is 470 g/mol. The summed E-state index contributed by atoms with van der Waals surface area (Å²) in [6, 6.07) is 16.1. The van der Waals surface area contributed by atoms with Gasteiger partial charge in [-0.1, -0.05) is 67.8 Å². The van der Waals surface area contributed by atoms with Gasteiger partial charge in [0.1, 0.15) is 12.2 Å². The van der Waals surface area contributed by atoms with Gasteiger partial charge in [-0.15, -0.1) is 0 Å². The fourth-order valence-corrected chi connectivity index (χ4v) is 3.88. The maximum absolute atomic E-state index is 13.0. The number of morpholine rings is 1. The molecule has 5 heteroatoms. The Morgan fingerprint density at radius 2 is 1.52 bits per heavy atom. The number of nitrogens with zero attached hydrogens (tertiary/aromatic N) is 1. The molecule has 1 aliphatic rings. The first-order valence-electron chi connectivity index (χ1n) is 8.93. The SMILES string of the molecule is CC(C)=CC[C@@H]1O[C@@H](c2ccc(Br)cc2)[C@@H](c2ccc(Br)cc2)N(C)C1=O. The van der Waals surface area contributed by atoms with Crippen LogP contribution in [0.4, 0.5) is 0 Å². The van der Waals surface area contributed by atoms with E-state index in [9.17, 15) is 4.79 Å². The summed E-state index contributed by atoms with van der Waals surface area (Å²) in [6.07, 6.45) is 1.96. The number of benzene rings is 2. The third-order valence-electron chi connectivity index (χ3n) is 4.79. The number of hydrogen-bond donors (Lipinski definition) is 0. The van der Waals surface area contributed by atoms with Gasteiger partial charge in [-0.2, -0.15) is 0 Å². The molecule has 0 aliphatic carbocycles. The van der Waals surface area contributed by atoms with Crippen LogP contribution in [0.3, 0.4) is 0 Å². The summed E-state index contributed by atoms with van der Waals surface area (Å²) >= 11 is 6.98. The van der Waals surface area contributed by atoms with Crippen LogP contribution in [0, 0.1) is 0 Å². The fraction of sp³-hybridized carbons (Fsp3) is 0.318. The van der Waals surface area contributed by atoms with Gasteiger partial charge in [0.25, 0.3) is 5.91 Å². The predicted octanol–water partition coefficient (Wildman–Crippen LogP) is 6.21. The number of allylic oxidation sites excluding steroid dienone is 1. The topological polar surface area (TPSA) is 29.5 Å². The maximum Gasteiger partial charge on any atom is 0.252 e. The summed E-state index contributed by atoms with van der Waals surface area (Å²) in [6.45, 7) is 4.07. The van der Waals surface area contributed by atoms with Gasteiger partial charge >= 0.3 is 0 Å². The third kappa shape index (κ3) is 4.71. The Kier molecular flexibility index (Phi) is 6.56. The van der Waals surface area contributed by atoms with Crippen molar-refractivity contribution in [2.24, 2.45) is 0 Å². The number of rotatable bonds is 4. The highest BCUT2D eigenvalue weighted by Crippen LogP contribution is 2.42. The molecule has 27 heavy (non-hydrogen) atoms. The van der Waals surface area contributed by atoms with E-state index in [1.165, 1.54) is 5.57 Å². The van der Waals surface area contributed by atoms with Crippen LogP contribution in [0.2, 0.25) is 0 Å². The van der Waals surface area contributed by atoms with Crippen LogP contribution in [0.1, 0.15) is 43.5 Å². The number of halogens is 2. The molecule has 0 radical (unpaired) electrons. The number of hydrogen-bond acceptors (Lipinski definition) is 2. The summed E-state index contributed by atoms with van der Waals surface area (Å²) in [5.41, 5.74) is 3.31. The van der Waals surface area contributed by atoms with Crippen molar-refractivity contribution in [3.8, 4) is 0 Å². The van der Waals surface area contributed by atoms with E-state index in [-0.39, 0.29) is 18.1 Å². The summed E-state index contributed by atoms with van der Waals surface area (Å²) in [7, 11) is 1.87. The molecule has 0 aromatic heterocycles. The Morgan fingerprint density at radius 1 is 1.00 bits per heavy atom. The average Bonchev–Trinajstić information content (AvgIpc) is 2.64. The lowest BCUT2D eigenvalue weighted by Crippen LogP contribution is -2.48. The van der Waals surface area contributed by atoms with Crippen LogP contribution in [-0.2, 0) is 9.53 Å². The number of ether oxygens (including phenoxy) is 1. The van der Waals surface area contributed by atoms with Crippen LogP contribution < -0.4 is 0 Å². The lowest BCUT2D eigenvalue weighted by molar-refractivity contribution is -0.170. The minimum atomic E-state index is -0.467. The zero-order chi connectivity index (χ0) is 19.6. The summed E-state index contributed by atoms with van der Waals surface area (Å²) in [5, 5.41) is 0. The molecule has 3 rings (SSSR count). The van der Waals surface area contributed by atoms with Crippen molar-refractivity contribution in [2.75, 3.05) is 7.05 Å². The van der Waals surface area contributed by atoms with Crippen LogP contribution in [0.15, 0.2) is 69.1 Å². The molecule has 1 aliphatic heterocycles. The fourth-order valence-electron chi connectivity index (χ4n) is 3.35. The van der Waals surface area contributed by atoms with Gasteiger partial charge in [-0.05, 0) is 49.2 Å². The molecule has 1 fully saturated rings. The molecule has 2 aromatic rings. The first-order valence-corrected chi connectivity index (χ1v) is 10.5. The molecule has 1 amide bonds. The highest BCUT2D eigenvalue weighted by Gasteiger charge is 2.41. The molecule has 0 saturated carbocycles. The van der Waals surface area contributed by atoms with E-state index in [4.69, 9.17) is 4.74 Å². The van der Waals surface area contributed by atoms with Crippen LogP contribution >= 0.6 is 31.9 Å². The minimum absolute atomic E-state index is 0.0220. The number of carbonyl (C=O) groups excluding carboxylic acids is 1. The maximum atomic E-state index is 13.0. The van der Waals surface area contributed by atoms with Crippen molar-refractivity contribution >= 4 is 37.8 Å². The van der Waals surface area contributed by atoms with E-state index in [2.05, 4.69) is 50.1 Å². The Bertz CT molecular complexity index is 826. The van der Waals surface area contributed by atoms with E-state index in [0.29, 0.717) is 6.42 Å². The lowest BCUT2D eigenvalue weighted by atomic mass is 9.91. The zero-order valence-electron chi connectivity index (χ0n) is 15.7. The van der Waals surface area contributed by atoms with E-state index < -0.39 is 6.10 Å². The quantitative estimate of drug-likeness (QED) is 0.475. The first kappa shape index (κ1) is 20.3. The van der Waals surface area contributed by atoms with Crippen LogP contribution in [-0.4, -0.2) is 24.0 Å². The smallest absolute Gasteiger partial charge is 0.252 e. The summed E-state index contributed by atoms with van der Waals surface area (Å²) in [4.78, 5) is 14.8. The molecule has 0 N–H and O–H groups in total. The zero-order valence-corrected chi connectivity index (χ0v) is 18.8. The number of likely N-dealkylation sites (N-methyl/N-ethyl adjacent to an activating group) is 1. The second-order valence-corrected chi connectivity index (χ2v) is 8.89. The second kappa shape index (κ2) is 8.72. The Labute approximate surface area is 177 Å². The molecule has 2 aromatic carbocycles. The van der Waals surface area contributed by atoms with Gasteiger partial charge in [0.05, 0.1) is 6.04 Å². The molecule has 0 unspecified atom stereocenters. The van der Waals surface area contributed by atoms with Crippen molar-refractivity contribution in [2.45, 2.75) is 38.5 Å². The minimum Gasteiger partial charge on any atom is -0.358 e. The Balaban J connectivity index is 2.00. The Hall–Kier alpha value is -1.43. The van der Waals surface area contributed by atoms with Crippen molar-refractivity contribution in [3.63, 3.8) is 0 Å². The van der Waals surface area contributed by atoms with E-state index in [1.54, 1.807) is 0 Å². The van der Waals surface area contributed by atoms with E-state index >= 15 is 0 Å². The monoisotopic (exact) mass is 491 g/mol. The van der Waals surface area contributed by atoms with Crippen molar-refractivity contribution in [3.05, 3.63) is 80.3 Å². The Morgan fingerprint density at radius 3 is 2.04 bits per heavy atom. The molecule has 0 bridgehead atoms. The van der Waals surface area contributed by atoms with Crippen molar-refractivity contribution < 1.29 is 9.53 Å². The molecule has 3 nitrogen and oxygen atoms in total. The highest BCUT2D eigenvalue weighted by molar-refractivity contribution is 9.10. The summed E-state index contributed by atoms with van der Waals surface area (Å²) < 4.78 is 8.41. The predicted molar refractivity (Wildman–Crippen MR) is 115 cm³/mol. The second-order valence-electron chi connectivity index (χ2n) is 7.06. The average molecular weight is 493 g/mol. The van der Waals surface area contributed by atoms with Gasteiger partial charge in [-0.3, -0.25) is 4.79 Å². The van der Waals surface area contributed by atoms with Gasteiger partial charge in [0.2, 0.25) is 0 Å². The van der Waals surface area contributed by atoms with E-state index in [1.807, 2.05) is 62.2 Å². The molecular formula is C22H23Br2NO2. The molecule has 3 atom stereocenters. The lowest BCUT2D eigenvalue weighted by Gasteiger charge is -2.43. The van der Waals surface area contributed by atoms with Crippen molar-refractivity contribution in [1.82, 2.24) is 4.90 Å². The largest absolute Gasteiger partial charge is 0.358 e. The highest BCUT2D eigenvalue weighted by atomic mass is 79.9. The van der Waals surface area contributed by atoms with Gasteiger partial charge < -0.3 is 9.64 Å². The number of amides is 1. The molecule has 1 heterocycles. The molecule has 142 valence electrons. The van der Waals surface area contributed by atoms with Crippen molar-refractivity contribution in [1.29, 1.82) is 0 Å². The van der Waals surface area contributed by atoms with Crippen LogP contribution in [0.25, 0.3) is 0 Å². The normalized spacial score (nSPS) is 22.6.